The first-order valence-electron chi connectivity index (χ1n) is 11.0. The number of carbonyl (C=O) groups excluding carboxylic acids is 2. The van der Waals surface area contributed by atoms with E-state index < -0.39 is 30.1 Å². The summed E-state index contributed by atoms with van der Waals surface area (Å²) in [4.78, 5) is 36.6. The summed E-state index contributed by atoms with van der Waals surface area (Å²) < 4.78 is 5.52. The van der Waals surface area contributed by atoms with Gasteiger partial charge in [0.2, 0.25) is 5.91 Å². The van der Waals surface area contributed by atoms with Crippen molar-refractivity contribution in [1.29, 1.82) is 0 Å². The minimum Gasteiger partial charge on any atom is -0.480 e. The van der Waals surface area contributed by atoms with Crippen molar-refractivity contribution in [3.05, 3.63) is 59.7 Å². The molecule has 7 heteroatoms. The second kappa shape index (κ2) is 10.3. The number of carbonyl (C=O) groups is 3. The third kappa shape index (κ3) is 5.10. The minimum atomic E-state index is -1.11. The van der Waals surface area contributed by atoms with Crippen LogP contribution in [-0.4, -0.2) is 41.8 Å². The summed E-state index contributed by atoms with van der Waals surface area (Å²) >= 11 is 0. The Balaban J connectivity index is 1.65. The van der Waals surface area contributed by atoms with E-state index in [9.17, 15) is 19.5 Å². The van der Waals surface area contributed by atoms with E-state index in [-0.39, 0.29) is 18.4 Å². The second-order valence-electron chi connectivity index (χ2n) is 8.38. The zero-order valence-electron chi connectivity index (χ0n) is 18.6. The average molecular weight is 439 g/mol. The van der Waals surface area contributed by atoms with E-state index >= 15 is 0 Å². The summed E-state index contributed by atoms with van der Waals surface area (Å²) in [5.74, 6) is -2.00. The van der Waals surface area contributed by atoms with Gasteiger partial charge in [-0.3, -0.25) is 4.79 Å². The molecule has 0 saturated carbocycles. The Bertz CT molecular complexity index is 942. The molecule has 2 amide bonds. The fraction of sp³-hybridized carbons (Fsp3) is 0.400. The molecule has 3 rings (SSSR count). The van der Waals surface area contributed by atoms with E-state index in [4.69, 9.17) is 4.74 Å². The van der Waals surface area contributed by atoms with Gasteiger partial charge in [-0.15, -0.1) is 0 Å². The third-order valence-electron chi connectivity index (χ3n) is 5.76. The molecule has 2 aromatic rings. The van der Waals surface area contributed by atoms with Gasteiger partial charge in [-0.2, -0.15) is 0 Å². The smallest absolute Gasteiger partial charge is 0.407 e. The van der Waals surface area contributed by atoms with Gasteiger partial charge in [0.15, 0.2) is 0 Å². The topological polar surface area (TPSA) is 105 Å². The van der Waals surface area contributed by atoms with Crippen LogP contribution in [0.15, 0.2) is 48.5 Å². The van der Waals surface area contributed by atoms with Crippen LogP contribution in [-0.2, 0) is 14.3 Å². The van der Waals surface area contributed by atoms with Crippen molar-refractivity contribution in [1.82, 2.24) is 10.6 Å². The van der Waals surface area contributed by atoms with Gasteiger partial charge in [0, 0.05) is 5.92 Å². The monoisotopic (exact) mass is 438 g/mol. The quantitative estimate of drug-likeness (QED) is 0.550. The molecule has 0 radical (unpaired) electrons. The molecule has 0 fully saturated rings. The van der Waals surface area contributed by atoms with Crippen molar-refractivity contribution in [2.24, 2.45) is 5.92 Å². The first kappa shape index (κ1) is 23.3. The standard InChI is InChI=1S/C25H30N2O5/c1-4-9-21(23(28)27-22(15(2)3)24(29)30)26-25(31)32-14-20-18-12-7-5-10-16(18)17-11-6-8-13-19(17)20/h5-8,10-13,15,20-22H,4,9,14H2,1-3H3,(H,26,31)(H,27,28)(H,29,30)/t21?,22-/m1/s1. The molecule has 3 N–H and O–H groups in total. The molecular weight excluding hydrogens is 408 g/mol. The predicted molar refractivity (Wildman–Crippen MR) is 121 cm³/mol. The van der Waals surface area contributed by atoms with E-state index in [1.165, 1.54) is 0 Å². The Morgan fingerprint density at radius 1 is 0.969 bits per heavy atom. The maximum Gasteiger partial charge on any atom is 0.407 e. The molecule has 170 valence electrons. The van der Waals surface area contributed by atoms with Crippen LogP contribution in [0.5, 0.6) is 0 Å². The maximum absolute atomic E-state index is 12.6. The van der Waals surface area contributed by atoms with Crippen molar-refractivity contribution in [2.45, 2.75) is 51.6 Å². The van der Waals surface area contributed by atoms with Gasteiger partial charge in [-0.05, 0) is 34.6 Å². The first-order valence-corrected chi connectivity index (χ1v) is 11.0. The van der Waals surface area contributed by atoms with Crippen LogP contribution in [0.2, 0.25) is 0 Å². The largest absolute Gasteiger partial charge is 0.480 e. The molecule has 2 atom stereocenters. The molecule has 0 saturated heterocycles. The fourth-order valence-electron chi connectivity index (χ4n) is 4.11. The van der Waals surface area contributed by atoms with Crippen molar-refractivity contribution < 1.29 is 24.2 Å². The molecule has 0 spiro atoms. The Morgan fingerprint density at radius 2 is 1.53 bits per heavy atom. The number of benzene rings is 2. The number of rotatable bonds is 9. The average Bonchev–Trinajstić information content (AvgIpc) is 3.09. The summed E-state index contributed by atoms with van der Waals surface area (Å²) in [7, 11) is 0. The number of carboxylic acids is 1. The highest BCUT2D eigenvalue weighted by Crippen LogP contribution is 2.44. The van der Waals surface area contributed by atoms with Crippen LogP contribution in [0.25, 0.3) is 11.1 Å². The number of aliphatic carboxylic acids is 1. The van der Waals surface area contributed by atoms with Crippen molar-refractivity contribution in [2.75, 3.05) is 6.61 Å². The molecule has 0 aliphatic heterocycles. The van der Waals surface area contributed by atoms with Crippen LogP contribution in [0, 0.1) is 5.92 Å². The number of amides is 2. The van der Waals surface area contributed by atoms with E-state index in [0.29, 0.717) is 12.8 Å². The van der Waals surface area contributed by atoms with Gasteiger partial charge in [-0.1, -0.05) is 75.7 Å². The van der Waals surface area contributed by atoms with Crippen LogP contribution >= 0.6 is 0 Å². The molecule has 1 unspecified atom stereocenters. The van der Waals surface area contributed by atoms with Crippen LogP contribution in [0.4, 0.5) is 4.79 Å². The number of carboxylic acid groups (broad SMARTS) is 1. The molecule has 7 nitrogen and oxygen atoms in total. The molecule has 0 aromatic heterocycles. The van der Waals surface area contributed by atoms with E-state index in [0.717, 1.165) is 22.3 Å². The fourth-order valence-corrected chi connectivity index (χ4v) is 4.11. The molecule has 0 bridgehead atoms. The van der Waals surface area contributed by atoms with Gasteiger partial charge in [-0.25, -0.2) is 9.59 Å². The van der Waals surface area contributed by atoms with Gasteiger partial charge >= 0.3 is 12.1 Å². The SMILES string of the molecule is CCCC(NC(=O)OCC1c2ccccc2-c2ccccc21)C(=O)N[C@@H](C(=O)O)C(C)C. The van der Waals surface area contributed by atoms with Gasteiger partial charge in [0.25, 0.3) is 0 Å². The highest BCUT2D eigenvalue weighted by Gasteiger charge is 2.31. The normalized spacial score (nSPS) is 14.2. The Morgan fingerprint density at radius 3 is 2.03 bits per heavy atom. The third-order valence-corrected chi connectivity index (χ3v) is 5.76. The van der Waals surface area contributed by atoms with Gasteiger partial charge in [0.05, 0.1) is 0 Å². The molecule has 2 aromatic carbocycles. The lowest BCUT2D eigenvalue weighted by Gasteiger charge is -2.23. The summed E-state index contributed by atoms with van der Waals surface area (Å²) in [5, 5.41) is 14.5. The van der Waals surface area contributed by atoms with E-state index in [2.05, 4.69) is 22.8 Å². The predicted octanol–water partition coefficient (Wildman–Crippen LogP) is 3.92. The maximum atomic E-state index is 12.6. The van der Waals surface area contributed by atoms with Crippen molar-refractivity contribution >= 4 is 18.0 Å². The Hall–Kier alpha value is -3.35. The van der Waals surface area contributed by atoms with E-state index in [1.54, 1.807) is 13.8 Å². The van der Waals surface area contributed by atoms with Crippen molar-refractivity contribution in [3.8, 4) is 11.1 Å². The van der Waals surface area contributed by atoms with Crippen molar-refractivity contribution in [3.63, 3.8) is 0 Å². The van der Waals surface area contributed by atoms with Gasteiger partial charge < -0.3 is 20.5 Å². The lowest BCUT2D eigenvalue weighted by molar-refractivity contribution is -0.143. The molecule has 1 aliphatic rings. The zero-order chi connectivity index (χ0) is 23.3. The van der Waals surface area contributed by atoms with Crippen LogP contribution in [0.3, 0.4) is 0 Å². The lowest BCUT2D eigenvalue weighted by Crippen LogP contribution is -2.53. The molecule has 32 heavy (non-hydrogen) atoms. The number of nitrogens with one attached hydrogen (secondary N) is 2. The van der Waals surface area contributed by atoms with E-state index in [1.807, 2.05) is 43.3 Å². The number of fused-ring (bicyclic) bond motifs is 3. The highest BCUT2D eigenvalue weighted by atomic mass is 16.5. The summed E-state index contributed by atoms with van der Waals surface area (Å²) in [6.07, 6.45) is 0.318. The number of hydrogen-bond donors (Lipinski definition) is 3. The first-order chi connectivity index (χ1) is 15.3. The number of hydrogen-bond acceptors (Lipinski definition) is 4. The lowest BCUT2D eigenvalue weighted by atomic mass is 9.98. The molecular formula is C25H30N2O5. The summed E-state index contributed by atoms with van der Waals surface area (Å²) in [5.41, 5.74) is 4.47. The Kier molecular flexibility index (Phi) is 7.51. The second-order valence-corrected chi connectivity index (χ2v) is 8.38. The number of alkyl carbamates (subject to hydrolysis) is 1. The summed E-state index contributed by atoms with van der Waals surface area (Å²) in [6.45, 7) is 5.46. The summed E-state index contributed by atoms with van der Waals surface area (Å²) in [6, 6.07) is 14.2. The molecule has 0 heterocycles. The Labute approximate surface area is 188 Å². The molecule has 1 aliphatic carbocycles. The van der Waals surface area contributed by atoms with Gasteiger partial charge in [0.1, 0.15) is 18.7 Å². The van der Waals surface area contributed by atoms with Crippen LogP contribution in [0.1, 0.15) is 50.7 Å². The minimum absolute atomic E-state index is 0.0797. The van der Waals surface area contributed by atoms with Crippen LogP contribution < -0.4 is 10.6 Å². The number of ether oxygens (including phenoxy) is 1. The highest BCUT2D eigenvalue weighted by molar-refractivity contribution is 5.89. The zero-order valence-corrected chi connectivity index (χ0v) is 18.6.